The lowest BCUT2D eigenvalue weighted by Crippen LogP contribution is -2.49. The number of fused-ring (bicyclic) bond motifs is 1. The molecule has 2 aromatic carbocycles. The molecule has 8 nitrogen and oxygen atoms in total. The average molecular weight is 548 g/mol. The summed E-state index contributed by atoms with van der Waals surface area (Å²) < 4.78 is 6.23. The van der Waals surface area contributed by atoms with Crippen molar-refractivity contribution < 1.29 is 14.6 Å². The number of benzene rings is 2. The second-order valence-electron chi connectivity index (χ2n) is 10.7. The van der Waals surface area contributed by atoms with E-state index in [-0.39, 0.29) is 5.91 Å². The molecule has 1 atom stereocenters. The number of carbonyl (C=O) groups is 1. The van der Waals surface area contributed by atoms with Crippen molar-refractivity contribution in [2.75, 3.05) is 50.4 Å². The highest BCUT2D eigenvalue weighted by molar-refractivity contribution is 8.14. The van der Waals surface area contributed by atoms with Gasteiger partial charge in [-0.15, -0.1) is 11.8 Å². The van der Waals surface area contributed by atoms with Gasteiger partial charge in [-0.3, -0.25) is 14.7 Å². The largest absolute Gasteiger partial charge is 0.457 e. The van der Waals surface area contributed by atoms with E-state index in [1.807, 2.05) is 42.1 Å². The highest BCUT2D eigenvalue weighted by atomic mass is 32.2. The van der Waals surface area contributed by atoms with Crippen molar-refractivity contribution in [1.82, 2.24) is 14.8 Å². The van der Waals surface area contributed by atoms with E-state index in [2.05, 4.69) is 33.4 Å². The number of piperazine rings is 1. The summed E-state index contributed by atoms with van der Waals surface area (Å²) in [6, 6.07) is 17.2. The smallest absolute Gasteiger partial charge is 0.248 e. The van der Waals surface area contributed by atoms with Crippen LogP contribution in [0.2, 0.25) is 0 Å². The molecular weight excluding hydrogens is 510 g/mol. The maximum Gasteiger partial charge on any atom is 0.248 e. The number of ether oxygens (including phenoxy) is 1. The minimum absolute atomic E-state index is 0.172. The first-order chi connectivity index (χ1) is 19.1. The lowest BCUT2D eigenvalue weighted by molar-refractivity contribution is -0.135. The predicted molar refractivity (Wildman–Crippen MR) is 158 cm³/mol. The zero-order valence-corrected chi connectivity index (χ0v) is 23.1. The Morgan fingerprint density at radius 1 is 1.08 bits per heavy atom. The van der Waals surface area contributed by atoms with Crippen LogP contribution in [0.25, 0.3) is 10.9 Å². The van der Waals surface area contributed by atoms with Gasteiger partial charge in [0.15, 0.2) is 0 Å². The molecule has 0 radical (unpaired) electrons. The van der Waals surface area contributed by atoms with Crippen molar-refractivity contribution >= 4 is 39.3 Å². The third-order valence-corrected chi connectivity index (χ3v) is 9.13. The SMILES string of the molecule is O=C(CO)N1CCN(CC[C@H]2CSC(c3cc4cc(Oc5ccccc5)cc(NC5CCCC5)c4[nH]3)=N2)CC1. The lowest BCUT2D eigenvalue weighted by Gasteiger charge is -2.34. The van der Waals surface area contributed by atoms with Crippen LogP contribution < -0.4 is 10.1 Å². The standard InChI is InChI=1S/C30H37N5O3S/c36-19-28(37)35-14-12-34(13-15-35)11-10-23-20-39-30(32-23)27-17-21-16-25(38-24-8-2-1-3-9-24)18-26(29(21)33-27)31-22-6-4-5-7-22/h1-3,8-9,16-18,22-23,31,33,36H,4-7,10-15,19-20H2/t23-/m0/s1. The molecule has 6 rings (SSSR count). The van der Waals surface area contributed by atoms with Crippen molar-refractivity contribution in [1.29, 1.82) is 0 Å². The summed E-state index contributed by atoms with van der Waals surface area (Å²) in [5.74, 6) is 2.48. The molecule has 206 valence electrons. The van der Waals surface area contributed by atoms with E-state index in [9.17, 15) is 4.79 Å². The van der Waals surface area contributed by atoms with Crippen LogP contribution in [0.1, 0.15) is 37.8 Å². The predicted octanol–water partition coefficient (Wildman–Crippen LogP) is 4.70. The maximum atomic E-state index is 11.7. The number of thioether (sulfide) groups is 1. The van der Waals surface area contributed by atoms with Crippen LogP contribution in [0.4, 0.5) is 5.69 Å². The zero-order chi connectivity index (χ0) is 26.6. The van der Waals surface area contributed by atoms with Crippen LogP contribution in [0.5, 0.6) is 11.5 Å². The molecule has 0 spiro atoms. The second kappa shape index (κ2) is 12.0. The van der Waals surface area contributed by atoms with Crippen molar-refractivity contribution in [3.05, 3.63) is 54.2 Å². The van der Waals surface area contributed by atoms with Gasteiger partial charge >= 0.3 is 0 Å². The number of amides is 1. The summed E-state index contributed by atoms with van der Waals surface area (Å²) in [6.45, 7) is 3.67. The molecule has 1 saturated heterocycles. The molecule has 3 N–H and O–H groups in total. The number of anilines is 1. The molecule has 2 fully saturated rings. The molecule has 2 aliphatic heterocycles. The number of aliphatic hydroxyl groups excluding tert-OH is 1. The van der Waals surface area contributed by atoms with E-state index in [1.54, 1.807) is 4.90 Å². The first-order valence-corrected chi connectivity index (χ1v) is 15.1. The quantitative estimate of drug-likeness (QED) is 0.360. The number of aromatic amines is 1. The fourth-order valence-corrected chi connectivity index (χ4v) is 6.86. The lowest BCUT2D eigenvalue weighted by atomic mass is 10.1. The minimum Gasteiger partial charge on any atom is -0.457 e. The van der Waals surface area contributed by atoms with Gasteiger partial charge in [0.25, 0.3) is 0 Å². The van der Waals surface area contributed by atoms with E-state index in [0.717, 1.165) is 70.6 Å². The number of nitrogens with zero attached hydrogens (tertiary/aromatic N) is 3. The number of rotatable bonds is 9. The van der Waals surface area contributed by atoms with E-state index >= 15 is 0 Å². The van der Waals surface area contributed by atoms with Crippen LogP contribution >= 0.6 is 11.8 Å². The highest BCUT2D eigenvalue weighted by Crippen LogP contribution is 2.36. The molecule has 1 aromatic heterocycles. The third-order valence-electron chi connectivity index (χ3n) is 7.98. The van der Waals surface area contributed by atoms with Crippen molar-refractivity contribution in [2.45, 2.75) is 44.2 Å². The number of hydrogen-bond donors (Lipinski definition) is 3. The molecule has 3 aliphatic rings. The van der Waals surface area contributed by atoms with Crippen molar-refractivity contribution in [3.63, 3.8) is 0 Å². The number of nitrogens with one attached hydrogen (secondary N) is 2. The van der Waals surface area contributed by atoms with Crippen LogP contribution in [0.3, 0.4) is 0 Å². The summed E-state index contributed by atoms with van der Waals surface area (Å²) in [5, 5.41) is 15.1. The molecule has 3 heterocycles. The van der Waals surface area contributed by atoms with Crippen LogP contribution in [-0.4, -0.2) is 88.0 Å². The fraction of sp³-hybridized carbons (Fsp3) is 0.467. The molecular formula is C30H37N5O3S. The fourth-order valence-electron chi connectivity index (χ4n) is 5.78. The van der Waals surface area contributed by atoms with E-state index in [1.165, 1.54) is 25.7 Å². The van der Waals surface area contributed by atoms with Gasteiger partial charge in [-0.1, -0.05) is 31.0 Å². The van der Waals surface area contributed by atoms with Gasteiger partial charge in [0.2, 0.25) is 5.91 Å². The Morgan fingerprint density at radius 2 is 1.87 bits per heavy atom. The Balaban J connectivity index is 1.15. The first kappa shape index (κ1) is 26.2. The molecule has 1 aliphatic carbocycles. The summed E-state index contributed by atoms with van der Waals surface area (Å²) >= 11 is 1.83. The third kappa shape index (κ3) is 6.26. The monoisotopic (exact) mass is 547 g/mol. The van der Waals surface area contributed by atoms with Gasteiger partial charge < -0.3 is 25.0 Å². The number of para-hydroxylation sites is 1. The Morgan fingerprint density at radius 3 is 2.64 bits per heavy atom. The first-order valence-electron chi connectivity index (χ1n) is 14.1. The van der Waals surface area contributed by atoms with Gasteiger partial charge in [0.05, 0.1) is 22.9 Å². The van der Waals surface area contributed by atoms with Crippen molar-refractivity contribution in [2.24, 2.45) is 4.99 Å². The Kier molecular flexibility index (Phi) is 8.08. The molecule has 9 heteroatoms. The van der Waals surface area contributed by atoms with Crippen LogP contribution in [0.15, 0.2) is 53.5 Å². The van der Waals surface area contributed by atoms with Gasteiger partial charge in [-0.05, 0) is 43.5 Å². The Hall–Kier alpha value is -3.01. The molecule has 1 amide bonds. The molecule has 0 bridgehead atoms. The topological polar surface area (TPSA) is 93.2 Å². The molecule has 39 heavy (non-hydrogen) atoms. The van der Waals surface area contributed by atoms with Crippen molar-refractivity contribution in [3.8, 4) is 11.5 Å². The Labute approximate surface area is 233 Å². The molecule has 0 unspecified atom stereocenters. The van der Waals surface area contributed by atoms with Crippen LogP contribution in [-0.2, 0) is 4.79 Å². The highest BCUT2D eigenvalue weighted by Gasteiger charge is 2.25. The summed E-state index contributed by atoms with van der Waals surface area (Å²) in [5.41, 5.74) is 3.27. The number of aromatic nitrogens is 1. The number of hydrogen-bond acceptors (Lipinski definition) is 7. The number of aliphatic imine (C=N–C) groups is 1. The van der Waals surface area contributed by atoms with Gasteiger partial charge in [-0.2, -0.15) is 0 Å². The average Bonchev–Trinajstić information content (AvgIpc) is 3.74. The van der Waals surface area contributed by atoms with E-state index in [0.29, 0.717) is 25.2 Å². The zero-order valence-electron chi connectivity index (χ0n) is 22.3. The maximum absolute atomic E-state index is 11.7. The van der Waals surface area contributed by atoms with Gasteiger partial charge in [-0.25, -0.2) is 0 Å². The van der Waals surface area contributed by atoms with E-state index < -0.39 is 6.61 Å². The number of aliphatic hydroxyl groups is 1. The van der Waals surface area contributed by atoms with Gasteiger partial charge in [0.1, 0.15) is 23.1 Å². The minimum atomic E-state index is -0.399. The van der Waals surface area contributed by atoms with Gasteiger partial charge in [0, 0.05) is 56.0 Å². The van der Waals surface area contributed by atoms with Crippen LogP contribution in [0, 0.1) is 0 Å². The summed E-state index contributed by atoms with van der Waals surface area (Å²) in [6.07, 6.45) is 5.98. The Bertz CT molecular complexity index is 1310. The van der Waals surface area contributed by atoms with E-state index in [4.69, 9.17) is 14.8 Å². The second-order valence-corrected chi connectivity index (χ2v) is 11.7. The molecule has 1 saturated carbocycles. The molecule has 3 aromatic rings. The summed E-state index contributed by atoms with van der Waals surface area (Å²) in [7, 11) is 0. The number of carbonyl (C=O) groups excluding carboxylic acids is 1. The summed E-state index contributed by atoms with van der Waals surface area (Å²) in [4.78, 5) is 24.6. The normalized spacial score (nSPS) is 20.5. The number of H-pyrrole nitrogens is 1.